The first-order valence-electron chi connectivity index (χ1n) is 6.79. The van der Waals surface area contributed by atoms with E-state index < -0.39 is 0 Å². The zero-order valence-corrected chi connectivity index (χ0v) is 14.4. The van der Waals surface area contributed by atoms with E-state index in [0.29, 0.717) is 6.42 Å². The fourth-order valence-corrected chi connectivity index (χ4v) is 2.30. The molecule has 0 aromatic heterocycles. The second-order valence-corrected chi connectivity index (χ2v) is 6.27. The van der Waals surface area contributed by atoms with Crippen LogP contribution in [-0.4, -0.2) is 19.9 Å². The molecule has 0 saturated heterocycles. The van der Waals surface area contributed by atoms with Gasteiger partial charge in [0, 0.05) is 35.3 Å². The largest absolute Gasteiger partial charge is 0.378 e. The Labute approximate surface area is 139 Å². The zero-order chi connectivity index (χ0) is 15.2. The van der Waals surface area contributed by atoms with Crippen molar-refractivity contribution < 1.29 is 4.79 Å². The molecule has 3 heteroatoms. The fourth-order valence-electron chi connectivity index (χ4n) is 1.94. The summed E-state index contributed by atoms with van der Waals surface area (Å²) >= 11 is 2.28. The summed E-state index contributed by atoms with van der Waals surface area (Å²) in [5.41, 5.74) is 2.97. The molecule has 0 aliphatic heterocycles. The number of allylic oxidation sites excluding steroid dienone is 1. The highest BCUT2D eigenvalue weighted by Crippen LogP contribution is 2.14. The molecule has 0 aliphatic carbocycles. The number of carbonyl (C=O) groups excluding carboxylic acids is 1. The van der Waals surface area contributed by atoms with Crippen molar-refractivity contribution in [2.45, 2.75) is 6.42 Å². The van der Waals surface area contributed by atoms with Crippen molar-refractivity contribution in [2.24, 2.45) is 0 Å². The highest BCUT2D eigenvalue weighted by atomic mass is 127. The smallest absolute Gasteiger partial charge is 0.166 e. The van der Waals surface area contributed by atoms with E-state index in [-0.39, 0.29) is 5.78 Å². The Morgan fingerprint density at radius 3 is 2.24 bits per heavy atom. The van der Waals surface area contributed by atoms with E-state index in [1.54, 1.807) is 0 Å². The van der Waals surface area contributed by atoms with Gasteiger partial charge < -0.3 is 4.90 Å². The monoisotopic (exact) mass is 391 g/mol. The van der Waals surface area contributed by atoms with E-state index >= 15 is 0 Å². The molecule has 0 saturated carbocycles. The molecule has 0 heterocycles. The van der Waals surface area contributed by atoms with E-state index in [1.807, 2.05) is 55.4 Å². The molecule has 0 atom stereocenters. The molecule has 2 aromatic carbocycles. The minimum Gasteiger partial charge on any atom is -0.378 e. The van der Waals surface area contributed by atoms with Crippen LogP contribution in [0.5, 0.6) is 0 Å². The number of nitrogens with zero attached hydrogens (tertiary/aromatic N) is 1. The third-order valence-electron chi connectivity index (χ3n) is 3.19. The first-order valence-corrected chi connectivity index (χ1v) is 7.87. The molecule has 0 aliphatic rings. The number of halogens is 1. The number of ketones is 1. The van der Waals surface area contributed by atoms with Crippen LogP contribution < -0.4 is 4.90 Å². The summed E-state index contributed by atoms with van der Waals surface area (Å²) in [5, 5.41) is 0. The van der Waals surface area contributed by atoms with Crippen LogP contribution in [0, 0.1) is 3.57 Å². The number of hydrogen-bond acceptors (Lipinski definition) is 2. The van der Waals surface area contributed by atoms with Gasteiger partial charge in [0.2, 0.25) is 0 Å². The van der Waals surface area contributed by atoms with Gasteiger partial charge in [0.15, 0.2) is 5.78 Å². The van der Waals surface area contributed by atoms with Crippen molar-refractivity contribution in [2.75, 3.05) is 19.0 Å². The molecule has 0 radical (unpaired) electrons. The Kier molecular flexibility index (Phi) is 5.56. The van der Waals surface area contributed by atoms with Crippen molar-refractivity contribution in [3.05, 3.63) is 69.3 Å². The number of rotatable bonds is 5. The molecule has 0 spiro atoms. The topological polar surface area (TPSA) is 20.3 Å². The van der Waals surface area contributed by atoms with Gasteiger partial charge in [-0.3, -0.25) is 4.79 Å². The SMILES string of the molecule is CN(C)c1ccc(C(=O)C/C=C/c2ccc(I)cc2)cc1. The van der Waals surface area contributed by atoms with Crippen LogP contribution in [0.25, 0.3) is 6.08 Å². The lowest BCUT2D eigenvalue weighted by Crippen LogP contribution is -2.08. The number of benzene rings is 2. The number of anilines is 1. The lowest BCUT2D eigenvalue weighted by molar-refractivity contribution is 0.0996. The van der Waals surface area contributed by atoms with Crippen LogP contribution in [0.1, 0.15) is 22.3 Å². The van der Waals surface area contributed by atoms with Gasteiger partial charge in [-0.15, -0.1) is 0 Å². The third-order valence-corrected chi connectivity index (χ3v) is 3.91. The fraction of sp³-hybridized carbons (Fsp3) is 0.167. The second-order valence-electron chi connectivity index (χ2n) is 5.02. The molecule has 108 valence electrons. The van der Waals surface area contributed by atoms with E-state index in [4.69, 9.17) is 0 Å². The van der Waals surface area contributed by atoms with Crippen LogP contribution in [0.4, 0.5) is 5.69 Å². The lowest BCUT2D eigenvalue weighted by atomic mass is 10.1. The molecule has 0 bridgehead atoms. The maximum Gasteiger partial charge on any atom is 0.166 e. The van der Waals surface area contributed by atoms with Crippen molar-refractivity contribution in [3.8, 4) is 0 Å². The Bertz CT molecular complexity index is 627. The highest BCUT2D eigenvalue weighted by Gasteiger charge is 2.04. The van der Waals surface area contributed by atoms with Crippen molar-refractivity contribution in [1.29, 1.82) is 0 Å². The van der Waals surface area contributed by atoms with Crippen molar-refractivity contribution >= 4 is 40.1 Å². The predicted molar refractivity (Wildman–Crippen MR) is 97.9 cm³/mol. The summed E-state index contributed by atoms with van der Waals surface area (Å²) in [5.74, 6) is 0.141. The lowest BCUT2D eigenvalue weighted by Gasteiger charge is -2.12. The molecule has 0 N–H and O–H groups in total. The summed E-state index contributed by atoms with van der Waals surface area (Å²) in [6, 6.07) is 15.9. The average molecular weight is 391 g/mol. The third kappa shape index (κ3) is 4.70. The van der Waals surface area contributed by atoms with Crippen LogP contribution in [0.2, 0.25) is 0 Å². The molecule has 2 nitrogen and oxygen atoms in total. The molecular weight excluding hydrogens is 373 g/mol. The van der Waals surface area contributed by atoms with Gasteiger partial charge in [-0.25, -0.2) is 0 Å². The predicted octanol–water partition coefficient (Wildman–Crippen LogP) is 4.64. The first kappa shape index (κ1) is 15.8. The molecule has 0 unspecified atom stereocenters. The summed E-state index contributed by atoms with van der Waals surface area (Å²) in [6.07, 6.45) is 4.33. The Morgan fingerprint density at radius 2 is 1.67 bits per heavy atom. The Balaban J connectivity index is 1.96. The van der Waals surface area contributed by atoms with Gasteiger partial charge in [0.1, 0.15) is 0 Å². The molecular formula is C18H18INO. The van der Waals surface area contributed by atoms with E-state index in [9.17, 15) is 4.79 Å². The minimum atomic E-state index is 0.141. The van der Waals surface area contributed by atoms with Crippen LogP contribution in [0.3, 0.4) is 0 Å². The minimum absolute atomic E-state index is 0.141. The van der Waals surface area contributed by atoms with Crippen molar-refractivity contribution in [3.63, 3.8) is 0 Å². The van der Waals surface area contributed by atoms with Gasteiger partial charge in [-0.1, -0.05) is 24.3 Å². The zero-order valence-electron chi connectivity index (χ0n) is 12.2. The molecule has 21 heavy (non-hydrogen) atoms. The summed E-state index contributed by atoms with van der Waals surface area (Å²) in [7, 11) is 3.97. The summed E-state index contributed by atoms with van der Waals surface area (Å²) < 4.78 is 1.21. The van der Waals surface area contributed by atoms with Crippen LogP contribution in [-0.2, 0) is 0 Å². The molecule has 0 fully saturated rings. The summed E-state index contributed by atoms with van der Waals surface area (Å²) in [4.78, 5) is 14.1. The molecule has 0 amide bonds. The maximum absolute atomic E-state index is 12.1. The highest BCUT2D eigenvalue weighted by molar-refractivity contribution is 14.1. The van der Waals surface area contributed by atoms with E-state index in [0.717, 1.165) is 16.8 Å². The Hall–Kier alpha value is -1.62. The first-order chi connectivity index (χ1) is 10.1. The van der Waals surface area contributed by atoms with Gasteiger partial charge >= 0.3 is 0 Å². The summed E-state index contributed by atoms with van der Waals surface area (Å²) in [6.45, 7) is 0. The standard InChI is InChI=1S/C18H18INO/c1-20(2)17-12-8-15(9-13-17)18(21)5-3-4-14-6-10-16(19)11-7-14/h3-4,6-13H,5H2,1-2H3/b4-3+. The van der Waals surface area contributed by atoms with E-state index in [2.05, 4.69) is 46.9 Å². The van der Waals surface area contributed by atoms with Crippen molar-refractivity contribution in [1.82, 2.24) is 0 Å². The number of carbonyl (C=O) groups is 1. The second kappa shape index (κ2) is 7.41. The average Bonchev–Trinajstić information content (AvgIpc) is 2.49. The van der Waals surface area contributed by atoms with Gasteiger partial charge in [-0.2, -0.15) is 0 Å². The van der Waals surface area contributed by atoms with Gasteiger partial charge in [-0.05, 0) is 64.6 Å². The maximum atomic E-state index is 12.1. The van der Waals surface area contributed by atoms with Crippen LogP contribution in [0.15, 0.2) is 54.6 Å². The van der Waals surface area contributed by atoms with Gasteiger partial charge in [0.05, 0.1) is 0 Å². The quantitative estimate of drug-likeness (QED) is 0.547. The van der Waals surface area contributed by atoms with E-state index in [1.165, 1.54) is 3.57 Å². The molecule has 2 rings (SSSR count). The normalized spacial score (nSPS) is 10.8. The number of Topliss-reactive ketones (excluding diaryl/α,β-unsaturated/α-hetero) is 1. The number of hydrogen-bond donors (Lipinski definition) is 0. The Morgan fingerprint density at radius 1 is 1.05 bits per heavy atom. The van der Waals surface area contributed by atoms with Gasteiger partial charge in [0.25, 0.3) is 0 Å². The van der Waals surface area contributed by atoms with Crippen LogP contribution >= 0.6 is 22.6 Å². The molecule has 2 aromatic rings.